The quantitative estimate of drug-likeness (QED) is 0.703. The van der Waals surface area contributed by atoms with Gasteiger partial charge in [-0.3, -0.25) is 0 Å². The first-order valence-corrected chi connectivity index (χ1v) is 8.39. The topological polar surface area (TPSA) is 20.2 Å². The van der Waals surface area contributed by atoms with Crippen LogP contribution >= 0.6 is 11.8 Å². The van der Waals surface area contributed by atoms with E-state index in [0.29, 0.717) is 11.0 Å². The second-order valence-corrected chi connectivity index (χ2v) is 9.22. The zero-order valence-electron chi connectivity index (χ0n) is 14.3. The second kappa shape index (κ2) is 6.01. The molecular formula is C18H30OS. The Morgan fingerprint density at radius 2 is 1.40 bits per heavy atom. The number of phenols is 1. The summed E-state index contributed by atoms with van der Waals surface area (Å²) in [5, 5.41) is 11.3. The molecule has 0 aromatic heterocycles. The molecule has 0 fully saturated rings. The van der Waals surface area contributed by atoms with Gasteiger partial charge in [-0.25, -0.2) is 0 Å². The predicted octanol–water partition coefficient (Wildman–Crippen LogP) is 5.88. The molecule has 0 bridgehead atoms. The van der Waals surface area contributed by atoms with Crippen LogP contribution in [0.3, 0.4) is 0 Å². The summed E-state index contributed by atoms with van der Waals surface area (Å²) in [7, 11) is 0. The Bertz CT molecular complexity index is 428. The summed E-state index contributed by atoms with van der Waals surface area (Å²) in [6.45, 7) is 17.4. The van der Waals surface area contributed by atoms with Crippen LogP contribution in [0.4, 0.5) is 0 Å². The first-order chi connectivity index (χ1) is 8.96. The molecule has 0 aliphatic rings. The van der Waals surface area contributed by atoms with E-state index in [1.54, 1.807) is 0 Å². The average molecular weight is 295 g/mol. The molecule has 0 saturated heterocycles. The van der Waals surface area contributed by atoms with E-state index in [-0.39, 0.29) is 10.8 Å². The summed E-state index contributed by atoms with van der Waals surface area (Å²) >= 11 is 1.90. The van der Waals surface area contributed by atoms with Gasteiger partial charge in [0.1, 0.15) is 5.75 Å². The van der Waals surface area contributed by atoms with Crippen LogP contribution in [0.5, 0.6) is 5.75 Å². The molecular weight excluding hydrogens is 264 g/mol. The van der Waals surface area contributed by atoms with Gasteiger partial charge in [-0.05, 0) is 29.4 Å². The van der Waals surface area contributed by atoms with Crippen molar-refractivity contribution in [2.24, 2.45) is 0 Å². The zero-order chi connectivity index (χ0) is 15.7. The van der Waals surface area contributed by atoms with E-state index in [4.69, 9.17) is 0 Å². The Hall–Kier alpha value is -0.630. The van der Waals surface area contributed by atoms with Gasteiger partial charge in [0, 0.05) is 21.3 Å². The van der Waals surface area contributed by atoms with Crippen molar-refractivity contribution in [3.05, 3.63) is 23.3 Å². The van der Waals surface area contributed by atoms with Gasteiger partial charge in [-0.15, -0.1) is 11.8 Å². The van der Waals surface area contributed by atoms with Gasteiger partial charge in [-0.2, -0.15) is 0 Å². The first kappa shape index (κ1) is 17.4. The normalized spacial score (nSPS) is 14.4. The number of rotatable bonds is 3. The van der Waals surface area contributed by atoms with E-state index in [1.165, 1.54) is 4.90 Å². The molecule has 0 radical (unpaired) electrons. The average Bonchev–Trinajstić information content (AvgIpc) is 2.28. The number of hydrogen-bond acceptors (Lipinski definition) is 2. The van der Waals surface area contributed by atoms with Gasteiger partial charge in [0.15, 0.2) is 0 Å². The van der Waals surface area contributed by atoms with Gasteiger partial charge in [0.25, 0.3) is 0 Å². The van der Waals surface area contributed by atoms with Gasteiger partial charge >= 0.3 is 0 Å². The van der Waals surface area contributed by atoms with Crippen LogP contribution < -0.4 is 0 Å². The predicted molar refractivity (Wildman–Crippen MR) is 91.1 cm³/mol. The molecule has 0 amide bonds. The minimum Gasteiger partial charge on any atom is -0.507 e. The lowest BCUT2D eigenvalue weighted by atomic mass is 9.79. The van der Waals surface area contributed by atoms with Crippen molar-refractivity contribution in [2.45, 2.75) is 82.8 Å². The van der Waals surface area contributed by atoms with Crippen molar-refractivity contribution in [3.63, 3.8) is 0 Å². The summed E-state index contributed by atoms with van der Waals surface area (Å²) in [5.41, 5.74) is 2.01. The molecule has 0 saturated carbocycles. The highest BCUT2D eigenvalue weighted by molar-refractivity contribution is 7.99. The van der Waals surface area contributed by atoms with Crippen LogP contribution in [0, 0.1) is 0 Å². The summed E-state index contributed by atoms with van der Waals surface area (Å²) in [4.78, 5) is 1.27. The SMILES string of the molecule is CCC(C)Sc1cc(C(C)(C)C)c(O)c(C(C)(C)C)c1. The second-order valence-electron chi connectivity index (χ2n) is 7.70. The van der Waals surface area contributed by atoms with Crippen LogP contribution in [-0.4, -0.2) is 10.4 Å². The molecule has 0 spiro atoms. The fraction of sp³-hybridized carbons (Fsp3) is 0.667. The highest BCUT2D eigenvalue weighted by Gasteiger charge is 2.26. The van der Waals surface area contributed by atoms with E-state index >= 15 is 0 Å². The number of aromatic hydroxyl groups is 1. The maximum atomic E-state index is 10.7. The monoisotopic (exact) mass is 294 g/mol. The van der Waals surface area contributed by atoms with Crippen molar-refractivity contribution in [3.8, 4) is 5.75 Å². The van der Waals surface area contributed by atoms with E-state index in [9.17, 15) is 5.11 Å². The maximum Gasteiger partial charge on any atom is 0.123 e. The fourth-order valence-corrected chi connectivity index (χ4v) is 3.14. The molecule has 1 aromatic carbocycles. The van der Waals surface area contributed by atoms with Gasteiger partial charge < -0.3 is 5.11 Å². The third-order valence-corrected chi connectivity index (χ3v) is 4.86. The van der Waals surface area contributed by atoms with Crippen molar-refractivity contribution >= 4 is 11.8 Å². The Balaban J connectivity index is 3.42. The Kier molecular flexibility index (Phi) is 5.23. The van der Waals surface area contributed by atoms with Crippen LogP contribution in [0.1, 0.15) is 72.9 Å². The summed E-state index contributed by atoms with van der Waals surface area (Å²) < 4.78 is 0. The maximum absolute atomic E-state index is 10.7. The smallest absolute Gasteiger partial charge is 0.123 e. The standard InChI is InChI=1S/C18H30OS/c1-9-12(2)20-13-10-14(17(3,4)5)16(19)15(11-13)18(6,7)8/h10-12,19H,9H2,1-8H3. The van der Waals surface area contributed by atoms with Crippen molar-refractivity contribution in [1.29, 1.82) is 0 Å². The molecule has 114 valence electrons. The van der Waals surface area contributed by atoms with Crippen molar-refractivity contribution in [1.82, 2.24) is 0 Å². The summed E-state index contributed by atoms with van der Waals surface area (Å²) in [6.07, 6.45) is 1.15. The number of hydrogen-bond donors (Lipinski definition) is 1. The summed E-state index contributed by atoms with van der Waals surface area (Å²) in [6, 6.07) is 4.34. The van der Waals surface area contributed by atoms with Crippen LogP contribution in [-0.2, 0) is 10.8 Å². The molecule has 1 unspecified atom stereocenters. The van der Waals surface area contributed by atoms with E-state index in [2.05, 4.69) is 67.5 Å². The zero-order valence-corrected chi connectivity index (χ0v) is 15.1. The third kappa shape index (κ3) is 4.18. The lowest BCUT2D eigenvalue weighted by molar-refractivity contribution is 0.422. The number of phenolic OH excluding ortho intramolecular Hbond substituents is 1. The molecule has 0 heterocycles. The molecule has 1 N–H and O–H groups in total. The minimum absolute atomic E-state index is 0.0455. The lowest BCUT2D eigenvalue weighted by Gasteiger charge is -2.28. The fourth-order valence-electron chi connectivity index (χ4n) is 2.14. The Morgan fingerprint density at radius 1 is 1.00 bits per heavy atom. The van der Waals surface area contributed by atoms with Crippen LogP contribution in [0.25, 0.3) is 0 Å². The van der Waals surface area contributed by atoms with E-state index < -0.39 is 0 Å². The molecule has 0 aliphatic heterocycles. The highest BCUT2D eigenvalue weighted by Crippen LogP contribution is 2.42. The molecule has 1 atom stereocenters. The van der Waals surface area contributed by atoms with Crippen LogP contribution in [0.15, 0.2) is 17.0 Å². The minimum atomic E-state index is -0.0455. The molecule has 1 nitrogen and oxygen atoms in total. The van der Waals surface area contributed by atoms with E-state index in [1.807, 2.05) is 11.8 Å². The van der Waals surface area contributed by atoms with Gasteiger partial charge in [0.05, 0.1) is 0 Å². The number of benzene rings is 1. The molecule has 20 heavy (non-hydrogen) atoms. The molecule has 1 rings (SSSR count). The van der Waals surface area contributed by atoms with Gasteiger partial charge in [0.2, 0.25) is 0 Å². The lowest BCUT2D eigenvalue weighted by Crippen LogP contribution is -2.17. The van der Waals surface area contributed by atoms with Crippen molar-refractivity contribution < 1.29 is 5.11 Å². The van der Waals surface area contributed by atoms with Crippen molar-refractivity contribution in [2.75, 3.05) is 0 Å². The summed E-state index contributed by atoms with van der Waals surface area (Å²) in [5.74, 6) is 0.471. The molecule has 2 heteroatoms. The largest absolute Gasteiger partial charge is 0.507 e. The number of thioether (sulfide) groups is 1. The Labute approximate surface area is 129 Å². The first-order valence-electron chi connectivity index (χ1n) is 7.51. The third-order valence-electron chi connectivity index (χ3n) is 3.61. The molecule has 1 aromatic rings. The highest BCUT2D eigenvalue weighted by atomic mass is 32.2. The van der Waals surface area contributed by atoms with Crippen LogP contribution in [0.2, 0.25) is 0 Å². The Morgan fingerprint density at radius 3 is 1.70 bits per heavy atom. The van der Waals surface area contributed by atoms with Gasteiger partial charge in [-0.1, -0.05) is 55.4 Å². The van der Waals surface area contributed by atoms with E-state index in [0.717, 1.165) is 17.5 Å². The molecule has 0 aliphatic carbocycles.